The van der Waals surface area contributed by atoms with E-state index in [1.165, 1.54) is 4.90 Å². The lowest BCUT2D eigenvalue weighted by Crippen LogP contribution is -2.59. The van der Waals surface area contributed by atoms with Gasteiger partial charge in [0.15, 0.2) is 0 Å². The Balaban J connectivity index is 1.79. The summed E-state index contributed by atoms with van der Waals surface area (Å²) in [5.41, 5.74) is 0. The first-order chi connectivity index (χ1) is 13.0. The molecular weight excluding hydrogens is 405 g/mol. The van der Waals surface area contributed by atoms with Crippen molar-refractivity contribution in [3.05, 3.63) is 24.3 Å². The Bertz CT molecular complexity index is 867. The minimum atomic E-state index is -4.92. The minimum Gasteiger partial charge on any atom is -0.480 e. The van der Waals surface area contributed by atoms with E-state index in [9.17, 15) is 36.3 Å². The van der Waals surface area contributed by atoms with Crippen LogP contribution in [0.5, 0.6) is 5.75 Å². The van der Waals surface area contributed by atoms with Crippen LogP contribution in [0.3, 0.4) is 0 Å². The van der Waals surface area contributed by atoms with Crippen molar-refractivity contribution in [2.24, 2.45) is 5.92 Å². The van der Waals surface area contributed by atoms with Crippen molar-refractivity contribution >= 4 is 21.9 Å². The Kier molecular flexibility index (Phi) is 5.28. The van der Waals surface area contributed by atoms with Gasteiger partial charge in [-0.3, -0.25) is 9.59 Å². The number of carboxylic acids is 1. The zero-order valence-electron chi connectivity index (χ0n) is 14.4. The van der Waals surface area contributed by atoms with Crippen LogP contribution in [-0.4, -0.2) is 66.6 Å². The molecule has 1 saturated heterocycles. The van der Waals surface area contributed by atoms with E-state index in [2.05, 4.69) is 4.74 Å². The van der Waals surface area contributed by atoms with Gasteiger partial charge in [0.1, 0.15) is 11.8 Å². The van der Waals surface area contributed by atoms with Gasteiger partial charge in [0.25, 0.3) is 0 Å². The number of carboxylic acid groups (broad SMARTS) is 1. The molecule has 1 heterocycles. The molecule has 0 unspecified atom stereocenters. The first kappa shape index (κ1) is 20.4. The summed E-state index contributed by atoms with van der Waals surface area (Å²) >= 11 is 0. The van der Waals surface area contributed by atoms with Gasteiger partial charge in [-0.2, -0.15) is 4.31 Å². The molecule has 2 fully saturated rings. The number of halogens is 3. The molecule has 1 aromatic rings. The van der Waals surface area contributed by atoms with Gasteiger partial charge in [-0.05, 0) is 37.1 Å². The number of alkyl halides is 3. The topological polar surface area (TPSA) is 104 Å². The summed E-state index contributed by atoms with van der Waals surface area (Å²) in [7, 11) is -4.29. The predicted octanol–water partition coefficient (Wildman–Crippen LogP) is 1.28. The van der Waals surface area contributed by atoms with E-state index < -0.39 is 34.1 Å². The van der Waals surface area contributed by atoms with E-state index in [0.717, 1.165) is 41.4 Å². The Labute approximate surface area is 158 Å². The average Bonchev–Trinajstić information content (AvgIpc) is 3.44. The molecule has 1 atom stereocenters. The third-order valence-electron chi connectivity index (χ3n) is 4.52. The minimum absolute atomic E-state index is 0.0492. The summed E-state index contributed by atoms with van der Waals surface area (Å²) in [6.45, 7) is -0.453. The van der Waals surface area contributed by atoms with E-state index in [0.29, 0.717) is 0 Å². The molecule has 0 aromatic heterocycles. The smallest absolute Gasteiger partial charge is 0.480 e. The number of rotatable bonds is 5. The molecule has 12 heteroatoms. The fourth-order valence-electron chi connectivity index (χ4n) is 2.99. The highest BCUT2D eigenvalue weighted by Gasteiger charge is 2.44. The lowest BCUT2D eigenvalue weighted by Gasteiger charge is -2.38. The number of benzene rings is 1. The summed E-state index contributed by atoms with van der Waals surface area (Å²) < 4.78 is 66.8. The molecule has 0 radical (unpaired) electrons. The standard InChI is InChI=1S/C16H17F3N2O6S/c17-16(18,19)27-11-3-5-12(6-4-11)28(25,26)21-8-7-20(9-13(21)15(23)24)14(22)10-1-2-10/h3-6,10,13H,1-2,7-9H2,(H,23,24)/t13-/m1/s1. The molecule has 3 rings (SSSR count). The van der Waals surface area contributed by atoms with Crippen molar-refractivity contribution in [3.63, 3.8) is 0 Å². The summed E-state index contributed by atoms with van der Waals surface area (Å²) in [5.74, 6) is -2.31. The third-order valence-corrected chi connectivity index (χ3v) is 6.44. The van der Waals surface area contributed by atoms with Gasteiger partial charge >= 0.3 is 12.3 Å². The van der Waals surface area contributed by atoms with Crippen LogP contribution in [0, 0.1) is 5.92 Å². The number of nitrogens with zero attached hydrogens (tertiary/aromatic N) is 2. The van der Waals surface area contributed by atoms with Gasteiger partial charge in [0, 0.05) is 25.6 Å². The summed E-state index contributed by atoms with van der Waals surface area (Å²) in [4.78, 5) is 24.8. The fraction of sp³-hybridized carbons (Fsp3) is 0.500. The summed E-state index contributed by atoms with van der Waals surface area (Å²) in [6.07, 6.45) is -3.44. The van der Waals surface area contributed by atoms with Crippen LogP contribution in [0.25, 0.3) is 0 Å². The Morgan fingerprint density at radius 1 is 1.11 bits per heavy atom. The molecular formula is C16H17F3N2O6S. The van der Waals surface area contributed by atoms with Crippen LogP contribution in [-0.2, 0) is 19.6 Å². The van der Waals surface area contributed by atoms with E-state index in [1.807, 2.05) is 0 Å². The molecule has 28 heavy (non-hydrogen) atoms. The highest BCUT2D eigenvalue weighted by atomic mass is 32.2. The highest BCUT2D eigenvalue weighted by Crippen LogP contribution is 2.32. The Morgan fingerprint density at radius 3 is 2.21 bits per heavy atom. The zero-order chi connectivity index (χ0) is 20.7. The maximum atomic E-state index is 12.8. The monoisotopic (exact) mass is 422 g/mol. The number of carbonyl (C=O) groups is 2. The average molecular weight is 422 g/mol. The molecule has 1 saturated carbocycles. The van der Waals surface area contributed by atoms with Crippen molar-refractivity contribution in [3.8, 4) is 5.75 Å². The molecule has 1 amide bonds. The van der Waals surface area contributed by atoms with Crippen molar-refractivity contribution in [2.45, 2.75) is 30.1 Å². The Morgan fingerprint density at radius 2 is 1.71 bits per heavy atom. The summed E-state index contributed by atoms with van der Waals surface area (Å²) in [6, 6.07) is 2.02. The van der Waals surface area contributed by atoms with Gasteiger partial charge < -0.3 is 14.7 Å². The molecule has 2 aliphatic rings. The number of hydrogen-bond donors (Lipinski definition) is 1. The Hall–Kier alpha value is -2.34. The second-order valence-corrected chi connectivity index (χ2v) is 8.44. The lowest BCUT2D eigenvalue weighted by molar-refractivity contribution is -0.274. The number of piperazine rings is 1. The zero-order valence-corrected chi connectivity index (χ0v) is 15.2. The number of amides is 1. The largest absolute Gasteiger partial charge is 0.573 e. The first-order valence-corrected chi connectivity index (χ1v) is 9.82. The number of sulfonamides is 1. The first-order valence-electron chi connectivity index (χ1n) is 8.38. The molecule has 8 nitrogen and oxygen atoms in total. The van der Waals surface area contributed by atoms with Gasteiger partial charge in [-0.25, -0.2) is 8.42 Å². The SMILES string of the molecule is O=C(O)[C@H]1CN(C(=O)C2CC2)CCN1S(=O)(=O)c1ccc(OC(F)(F)F)cc1. The van der Waals surface area contributed by atoms with E-state index in [1.54, 1.807) is 0 Å². The molecule has 1 N–H and O–H groups in total. The van der Waals surface area contributed by atoms with Crippen molar-refractivity contribution in [1.82, 2.24) is 9.21 Å². The van der Waals surface area contributed by atoms with Crippen LogP contribution in [0.4, 0.5) is 13.2 Å². The second-order valence-electron chi connectivity index (χ2n) is 6.55. The maximum absolute atomic E-state index is 12.8. The van der Waals surface area contributed by atoms with Gasteiger partial charge in [-0.15, -0.1) is 13.2 Å². The van der Waals surface area contributed by atoms with Crippen molar-refractivity contribution < 1.29 is 41.0 Å². The van der Waals surface area contributed by atoms with Gasteiger partial charge in [-0.1, -0.05) is 0 Å². The van der Waals surface area contributed by atoms with E-state index in [4.69, 9.17) is 0 Å². The van der Waals surface area contributed by atoms with Crippen LogP contribution < -0.4 is 4.74 Å². The number of ether oxygens (including phenoxy) is 1. The quantitative estimate of drug-likeness (QED) is 0.767. The predicted molar refractivity (Wildman–Crippen MR) is 87.7 cm³/mol. The lowest BCUT2D eigenvalue weighted by atomic mass is 10.2. The van der Waals surface area contributed by atoms with Crippen LogP contribution in [0.2, 0.25) is 0 Å². The number of aliphatic carboxylic acids is 1. The van der Waals surface area contributed by atoms with Crippen LogP contribution >= 0.6 is 0 Å². The van der Waals surface area contributed by atoms with Crippen molar-refractivity contribution in [1.29, 1.82) is 0 Å². The van der Waals surface area contributed by atoms with Crippen LogP contribution in [0.1, 0.15) is 12.8 Å². The molecule has 1 aliphatic carbocycles. The number of carbonyl (C=O) groups excluding carboxylic acids is 1. The van der Waals surface area contributed by atoms with E-state index in [-0.39, 0.29) is 36.4 Å². The highest BCUT2D eigenvalue weighted by molar-refractivity contribution is 7.89. The van der Waals surface area contributed by atoms with E-state index >= 15 is 0 Å². The molecule has 1 aromatic carbocycles. The van der Waals surface area contributed by atoms with Gasteiger partial charge in [0.2, 0.25) is 15.9 Å². The maximum Gasteiger partial charge on any atom is 0.573 e. The van der Waals surface area contributed by atoms with Crippen molar-refractivity contribution in [2.75, 3.05) is 19.6 Å². The van der Waals surface area contributed by atoms with Crippen LogP contribution in [0.15, 0.2) is 29.2 Å². The summed E-state index contributed by atoms with van der Waals surface area (Å²) in [5, 5.41) is 9.46. The molecule has 0 bridgehead atoms. The number of hydrogen-bond acceptors (Lipinski definition) is 5. The van der Waals surface area contributed by atoms with Gasteiger partial charge in [0.05, 0.1) is 4.90 Å². The fourth-order valence-corrected chi connectivity index (χ4v) is 4.56. The third kappa shape index (κ3) is 4.38. The molecule has 1 aliphatic heterocycles. The second kappa shape index (κ2) is 7.24. The normalized spacial score (nSPS) is 21.4. The molecule has 0 spiro atoms. The molecule has 154 valence electrons.